The van der Waals surface area contributed by atoms with Gasteiger partial charge in [-0.3, -0.25) is 4.90 Å². The fourth-order valence-corrected chi connectivity index (χ4v) is 6.97. The van der Waals surface area contributed by atoms with Gasteiger partial charge in [0.15, 0.2) is 0 Å². The number of piperidine rings is 3. The fraction of sp³-hybridized carbons (Fsp3) is 0.323. The van der Waals surface area contributed by atoms with E-state index in [9.17, 15) is 0 Å². The van der Waals surface area contributed by atoms with E-state index >= 15 is 0 Å². The Hall–Kier alpha value is -2.99. The Labute approximate surface area is 218 Å². The van der Waals surface area contributed by atoms with Crippen molar-refractivity contribution in [3.05, 3.63) is 107 Å². The predicted molar refractivity (Wildman–Crippen MR) is 148 cm³/mol. The van der Waals surface area contributed by atoms with Crippen LogP contribution in [0, 0.1) is 5.92 Å². The molecular formula is C31H33N3OS. The molecule has 0 spiro atoms. The summed E-state index contributed by atoms with van der Waals surface area (Å²) in [7, 11) is 1.76. The smallest absolute Gasteiger partial charge is 0.123 e. The Morgan fingerprint density at radius 1 is 0.972 bits per heavy atom. The van der Waals surface area contributed by atoms with E-state index < -0.39 is 0 Å². The van der Waals surface area contributed by atoms with E-state index in [4.69, 9.17) is 4.74 Å². The summed E-state index contributed by atoms with van der Waals surface area (Å²) in [5, 5.41) is 7.13. The number of nitrogens with one attached hydrogen (secondary N) is 1. The lowest BCUT2D eigenvalue weighted by molar-refractivity contribution is 0.00462. The summed E-state index contributed by atoms with van der Waals surface area (Å²) < 4.78 is 5.77. The van der Waals surface area contributed by atoms with Gasteiger partial charge in [0.05, 0.1) is 7.11 Å². The number of hydrogen-bond donors (Lipinski definition) is 1. The first kappa shape index (κ1) is 23.4. The van der Waals surface area contributed by atoms with Crippen molar-refractivity contribution in [1.82, 2.24) is 15.2 Å². The highest BCUT2D eigenvalue weighted by Gasteiger charge is 2.46. The maximum absolute atomic E-state index is 5.77. The van der Waals surface area contributed by atoms with Crippen LogP contribution in [0.2, 0.25) is 0 Å². The third-order valence-corrected chi connectivity index (χ3v) is 8.84. The van der Waals surface area contributed by atoms with Crippen molar-refractivity contribution < 1.29 is 4.74 Å². The third-order valence-electron chi connectivity index (χ3n) is 8.02. The predicted octanol–water partition coefficient (Wildman–Crippen LogP) is 6.20. The maximum atomic E-state index is 5.77. The first-order valence-electron chi connectivity index (χ1n) is 13.0. The molecule has 1 N–H and O–H groups in total. The average molecular weight is 496 g/mol. The van der Waals surface area contributed by atoms with E-state index in [0.29, 0.717) is 23.9 Å². The van der Waals surface area contributed by atoms with Crippen LogP contribution in [0.1, 0.15) is 35.4 Å². The molecule has 4 nitrogen and oxygen atoms in total. The molecule has 0 amide bonds. The number of aromatic nitrogens is 1. The zero-order valence-corrected chi connectivity index (χ0v) is 21.5. The molecule has 2 atom stereocenters. The Kier molecular flexibility index (Phi) is 6.86. The highest BCUT2D eigenvalue weighted by Crippen LogP contribution is 2.42. The molecule has 4 heterocycles. The average Bonchev–Trinajstić information content (AvgIpc) is 3.49. The van der Waals surface area contributed by atoms with E-state index in [0.717, 1.165) is 22.9 Å². The molecule has 0 radical (unpaired) electrons. The molecule has 7 rings (SSSR count). The van der Waals surface area contributed by atoms with Crippen molar-refractivity contribution in [2.45, 2.75) is 37.4 Å². The molecule has 184 valence electrons. The van der Waals surface area contributed by atoms with Crippen LogP contribution in [0.5, 0.6) is 5.75 Å². The van der Waals surface area contributed by atoms with Gasteiger partial charge in [0.2, 0.25) is 0 Å². The monoisotopic (exact) mass is 495 g/mol. The molecule has 3 aliphatic heterocycles. The molecule has 3 saturated heterocycles. The maximum Gasteiger partial charge on any atom is 0.123 e. The molecule has 3 aliphatic rings. The number of nitrogens with zero attached hydrogens (tertiary/aromatic N) is 2. The minimum absolute atomic E-state index is 0.330. The summed E-state index contributed by atoms with van der Waals surface area (Å²) in [6.07, 6.45) is 4.40. The lowest BCUT2D eigenvalue weighted by Gasteiger charge is -2.54. The molecular weight excluding hydrogens is 462 g/mol. The van der Waals surface area contributed by atoms with Gasteiger partial charge in [-0.2, -0.15) is 0 Å². The van der Waals surface area contributed by atoms with E-state index in [1.165, 1.54) is 42.6 Å². The largest absolute Gasteiger partial charge is 0.496 e. The van der Waals surface area contributed by atoms with Crippen LogP contribution in [0.4, 0.5) is 0 Å². The van der Waals surface area contributed by atoms with Crippen LogP contribution in [-0.2, 0) is 6.54 Å². The van der Waals surface area contributed by atoms with Gasteiger partial charge in [-0.15, -0.1) is 11.3 Å². The Morgan fingerprint density at radius 2 is 1.67 bits per heavy atom. The second-order valence-corrected chi connectivity index (χ2v) is 10.8. The lowest BCUT2D eigenvalue weighted by Crippen LogP contribution is -2.64. The molecule has 0 unspecified atom stereocenters. The number of ether oxygens (including phenoxy) is 1. The van der Waals surface area contributed by atoms with E-state index in [2.05, 4.69) is 94.1 Å². The van der Waals surface area contributed by atoms with Gasteiger partial charge in [0.1, 0.15) is 10.8 Å². The standard InChI is InChI=1S/C31H33N3OS/c1-35-27-13-12-25(31-32-16-19-36-31)20-26(27)21-33-29-24-14-17-34(18-15-24)30(29)28(22-8-4-2-5-9-22)23-10-6-3-7-11-23/h2-13,16,19-20,24,28-30,33H,14-15,17-18,21H2,1H3/t29-,30-/m0/s1. The number of thiazole rings is 1. The molecule has 36 heavy (non-hydrogen) atoms. The summed E-state index contributed by atoms with van der Waals surface area (Å²) in [6.45, 7) is 3.16. The third kappa shape index (κ3) is 4.59. The summed E-state index contributed by atoms with van der Waals surface area (Å²) in [6, 6.07) is 29.4. The number of methoxy groups -OCH3 is 1. The zero-order valence-electron chi connectivity index (χ0n) is 20.7. The minimum atomic E-state index is 0.330. The normalized spacial score (nSPS) is 23.2. The molecule has 0 aliphatic carbocycles. The van der Waals surface area contributed by atoms with Crippen LogP contribution >= 0.6 is 11.3 Å². The van der Waals surface area contributed by atoms with E-state index in [1.807, 2.05) is 11.6 Å². The number of hydrogen-bond acceptors (Lipinski definition) is 5. The summed E-state index contributed by atoms with van der Waals surface area (Å²) >= 11 is 1.67. The number of rotatable bonds is 8. The van der Waals surface area contributed by atoms with Crippen molar-refractivity contribution >= 4 is 11.3 Å². The summed E-state index contributed by atoms with van der Waals surface area (Å²) in [5.41, 5.74) is 5.14. The van der Waals surface area contributed by atoms with Gasteiger partial charge in [-0.1, -0.05) is 60.7 Å². The Balaban J connectivity index is 1.33. The molecule has 5 heteroatoms. The molecule has 1 aromatic heterocycles. The topological polar surface area (TPSA) is 37.4 Å². The highest BCUT2D eigenvalue weighted by molar-refractivity contribution is 7.13. The Morgan fingerprint density at radius 3 is 2.28 bits per heavy atom. The highest BCUT2D eigenvalue weighted by atomic mass is 32.1. The Bertz CT molecular complexity index is 1210. The van der Waals surface area contributed by atoms with Crippen LogP contribution in [0.3, 0.4) is 0 Å². The quantitative estimate of drug-likeness (QED) is 0.316. The second kappa shape index (κ2) is 10.6. The van der Waals surface area contributed by atoms with Crippen LogP contribution < -0.4 is 10.1 Å². The lowest BCUT2D eigenvalue weighted by atomic mass is 9.70. The SMILES string of the molecule is COc1ccc(-c2nccs2)cc1CN[C@H]1C2CCN(CC2)[C@H]1C(c1ccccc1)c1ccccc1. The summed E-state index contributed by atoms with van der Waals surface area (Å²) in [5.74, 6) is 1.95. The van der Waals surface area contributed by atoms with Gasteiger partial charge < -0.3 is 10.1 Å². The molecule has 3 aromatic carbocycles. The minimum Gasteiger partial charge on any atom is -0.496 e. The van der Waals surface area contributed by atoms with E-state index in [1.54, 1.807) is 18.4 Å². The molecule has 0 saturated carbocycles. The number of benzene rings is 3. The molecule has 3 fully saturated rings. The van der Waals surface area contributed by atoms with Crippen molar-refractivity contribution in [2.75, 3.05) is 20.2 Å². The van der Waals surface area contributed by atoms with Crippen molar-refractivity contribution in [3.8, 4) is 16.3 Å². The van der Waals surface area contributed by atoms with Crippen molar-refractivity contribution in [2.24, 2.45) is 5.92 Å². The van der Waals surface area contributed by atoms with Gasteiger partial charge in [-0.25, -0.2) is 4.98 Å². The first-order chi connectivity index (χ1) is 17.8. The van der Waals surface area contributed by atoms with Gasteiger partial charge in [-0.05, 0) is 61.2 Å². The van der Waals surface area contributed by atoms with Crippen LogP contribution in [0.15, 0.2) is 90.4 Å². The van der Waals surface area contributed by atoms with Gasteiger partial charge in [0.25, 0.3) is 0 Å². The van der Waals surface area contributed by atoms with Crippen LogP contribution in [-0.4, -0.2) is 42.2 Å². The second-order valence-electron chi connectivity index (χ2n) is 9.93. The number of fused-ring (bicyclic) bond motifs is 3. The van der Waals surface area contributed by atoms with E-state index in [-0.39, 0.29) is 0 Å². The van der Waals surface area contributed by atoms with Crippen LogP contribution in [0.25, 0.3) is 10.6 Å². The first-order valence-corrected chi connectivity index (χ1v) is 13.8. The van der Waals surface area contributed by atoms with Crippen molar-refractivity contribution in [1.29, 1.82) is 0 Å². The molecule has 4 aromatic rings. The fourth-order valence-electron chi connectivity index (χ4n) is 6.34. The van der Waals surface area contributed by atoms with Gasteiger partial charge in [0, 0.05) is 47.3 Å². The zero-order chi connectivity index (χ0) is 24.3. The summed E-state index contributed by atoms with van der Waals surface area (Å²) in [4.78, 5) is 7.26. The van der Waals surface area contributed by atoms with Gasteiger partial charge >= 0.3 is 0 Å². The van der Waals surface area contributed by atoms with Crippen molar-refractivity contribution in [3.63, 3.8) is 0 Å². The molecule has 2 bridgehead atoms.